The lowest BCUT2D eigenvalue weighted by atomic mass is 10.1. The van der Waals surface area contributed by atoms with E-state index in [4.69, 9.17) is 0 Å². The van der Waals surface area contributed by atoms with Gasteiger partial charge in [0.2, 0.25) is 0 Å². The maximum Gasteiger partial charge on any atom is 0.184 e. The largest absolute Gasteiger partial charge is 0.507 e. The van der Waals surface area contributed by atoms with E-state index in [2.05, 4.69) is 15.8 Å². The smallest absolute Gasteiger partial charge is 0.184 e. The Hall–Kier alpha value is -3.06. The summed E-state index contributed by atoms with van der Waals surface area (Å²) in [7, 11) is -3.45. The number of anilines is 2. The van der Waals surface area contributed by atoms with E-state index in [1.54, 1.807) is 48.7 Å². The van der Waals surface area contributed by atoms with E-state index < -0.39 is 9.84 Å². The zero-order valence-electron chi connectivity index (χ0n) is 15.1. The van der Waals surface area contributed by atoms with Crippen LogP contribution >= 0.6 is 0 Å². The molecule has 27 heavy (non-hydrogen) atoms. The molecule has 3 N–H and O–H groups in total. The lowest BCUT2D eigenvalue weighted by Crippen LogP contribution is -2.10. The molecule has 3 aromatic rings. The second-order valence-corrected chi connectivity index (χ2v) is 8.30. The summed E-state index contributed by atoms with van der Waals surface area (Å²) in [6.45, 7) is 3.66. The van der Waals surface area contributed by atoms with Crippen molar-refractivity contribution in [2.75, 3.05) is 10.9 Å². The maximum absolute atomic E-state index is 12.5. The fourth-order valence-corrected chi connectivity index (χ4v) is 3.96. The predicted molar refractivity (Wildman–Crippen MR) is 106 cm³/mol. The Bertz CT molecular complexity index is 1010. The number of hydrazine groups is 1. The summed E-state index contributed by atoms with van der Waals surface area (Å²) in [5.74, 6) is 0.147. The normalized spacial score (nSPS) is 11.2. The third kappa shape index (κ3) is 4.57. The van der Waals surface area contributed by atoms with E-state index in [0.29, 0.717) is 5.69 Å². The highest BCUT2D eigenvalue weighted by atomic mass is 32.2. The molecule has 0 saturated heterocycles. The molecule has 3 rings (SSSR count). The van der Waals surface area contributed by atoms with Gasteiger partial charge in [-0.15, -0.1) is 0 Å². The summed E-state index contributed by atoms with van der Waals surface area (Å²) >= 11 is 0. The predicted octanol–water partition coefficient (Wildman–Crippen LogP) is 3.82. The Morgan fingerprint density at radius 3 is 2.15 bits per heavy atom. The van der Waals surface area contributed by atoms with Crippen molar-refractivity contribution in [3.8, 4) is 5.75 Å². The summed E-state index contributed by atoms with van der Waals surface area (Å²) in [4.78, 5) is 4.32. The molecule has 0 amide bonds. The Labute approximate surface area is 158 Å². The van der Waals surface area contributed by atoms with Crippen LogP contribution in [0, 0.1) is 13.8 Å². The average molecular weight is 383 g/mol. The number of hydrogen-bond donors (Lipinski definition) is 3. The first-order valence-electron chi connectivity index (χ1n) is 8.40. The molecule has 0 spiro atoms. The molecule has 1 aromatic heterocycles. The molecule has 1 heterocycles. The van der Waals surface area contributed by atoms with Crippen molar-refractivity contribution in [3.63, 3.8) is 0 Å². The minimum Gasteiger partial charge on any atom is -0.507 e. The van der Waals surface area contributed by atoms with Crippen molar-refractivity contribution in [2.24, 2.45) is 0 Å². The van der Waals surface area contributed by atoms with Gasteiger partial charge in [-0.25, -0.2) is 8.42 Å². The average Bonchev–Trinajstić information content (AvgIpc) is 2.65. The van der Waals surface area contributed by atoms with Gasteiger partial charge >= 0.3 is 0 Å². The van der Waals surface area contributed by atoms with Crippen molar-refractivity contribution in [1.29, 1.82) is 0 Å². The molecular formula is C20H21N3O3S. The van der Waals surface area contributed by atoms with Gasteiger partial charge in [0.15, 0.2) is 9.84 Å². The highest BCUT2D eigenvalue weighted by Gasteiger charge is 2.15. The third-order valence-corrected chi connectivity index (χ3v) is 5.79. The number of hydrogen-bond acceptors (Lipinski definition) is 6. The maximum atomic E-state index is 12.5. The topological polar surface area (TPSA) is 91.3 Å². The van der Waals surface area contributed by atoms with Crippen LogP contribution < -0.4 is 10.9 Å². The van der Waals surface area contributed by atoms with E-state index >= 15 is 0 Å². The molecule has 140 valence electrons. The molecule has 0 saturated carbocycles. The zero-order chi connectivity index (χ0) is 19.4. The number of nitrogens with one attached hydrogen (secondary N) is 2. The van der Waals surface area contributed by atoms with Crippen molar-refractivity contribution in [1.82, 2.24) is 4.98 Å². The number of aromatic nitrogens is 1. The van der Waals surface area contributed by atoms with Crippen molar-refractivity contribution in [2.45, 2.75) is 24.5 Å². The summed E-state index contributed by atoms with van der Waals surface area (Å²) in [5, 5.41) is 9.82. The monoisotopic (exact) mass is 383 g/mol. The van der Waals surface area contributed by atoms with Crippen LogP contribution in [0.5, 0.6) is 5.75 Å². The molecule has 7 heteroatoms. The number of rotatable bonds is 6. The van der Waals surface area contributed by atoms with E-state index in [-0.39, 0.29) is 16.4 Å². The highest BCUT2D eigenvalue weighted by Crippen LogP contribution is 2.26. The molecule has 0 aliphatic carbocycles. The number of benzene rings is 2. The lowest BCUT2D eigenvalue weighted by molar-refractivity contribution is 0.467. The molecular weight excluding hydrogens is 362 g/mol. The zero-order valence-corrected chi connectivity index (χ0v) is 15.9. The molecule has 0 unspecified atom stereocenters. The molecule has 0 atom stereocenters. The first-order valence-corrected chi connectivity index (χ1v) is 10.1. The molecule has 0 radical (unpaired) electrons. The Balaban J connectivity index is 1.68. The molecule has 2 aromatic carbocycles. The fraction of sp³-hybridized carbons (Fsp3) is 0.150. The molecule has 0 aliphatic heterocycles. The Morgan fingerprint density at radius 1 is 0.926 bits per heavy atom. The fourth-order valence-electron chi connectivity index (χ4n) is 2.68. The van der Waals surface area contributed by atoms with Crippen LogP contribution in [0.15, 0.2) is 65.7 Å². The number of sulfone groups is 1. The second-order valence-electron chi connectivity index (χ2n) is 6.31. The third-order valence-electron chi connectivity index (χ3n) is 4.12. The van der Waals surface area contributed by atoms with Crippen LogP contribution in [-0.2, 0) is 15.6 Å². The van der Waals surface area contributed by atoms with Gasteiger partial charge in [-0.05, 0) is 73.5 Å². The number of phenols is 1. The first kappa shape index (κ1) is 18.7. The number of aryl methyl sites for hydroxylation is 2. The van der Waals surface area contributed by atoms with Gasteiger partial charge < -0.3 is 16.0 Å². The minimum absolute atomic E-state index is 0.134. The second kappa shape index (κ2) is 7.67. The van der Waals surface area contributed by atoms with Gasteiger partial charge in [-0.1, -0.05) is 6.07 Å². The van der Waals surface area contributed by atoms with Crippen LogP contribution in [-0.4, -0.2) is 18.5 Å². The molecule has 0 fully saturated rings. The first-order chi connectivity index (χ1) is 12.8. The summed E-state index contributed by atoms with van der Waals surface area (Å²) in [6.07, 6.45) is 1.58. The van der Waals surface area contributed by atoms with Crippen LogP contribution in [0.4, 0.5) is 11.4 Å². The van der Waals surface area contributed by atoms with Crippen LogP contribution in [0.2, 0.25) is 0 Å². The van der Waals surface area contributed by atoms with E-state index in [9.17, 15) is 13.5 Å². The van der Waals surface area contributed by atoms with Gasteiger partial charge in [0, 0.05) is 6.20 Å². The van der Waals surface area contributed by atoms with Crippen molar-refractivity contribution in [3.05, 3.63) is 77.6 Å². The van der Waals surface area contributed by atoms with Gasteiger partial charge in [-0.3, -0.25) is 4.98 Å². The standard InChI is InChI=1S/C20H21N3O3S/c1-14-11-18(12-15(2)20(14)24)23-22-16-6-8-19(9-7-16)27(25,26)13-17-5-3-4-10-21-17/h3-12,22-24H,13H2,1-2H3. The highest BCUT2D eigenvalue weighted by molar-refractivity contribution is 7.90. The van der Waals surface area contributed by atoms with E-state index in [1.807, 2.05) is 26.0 Å². The van der Waals surface area contributed by atoms with Crippen molar-refractivity contribution >= 4 is 21.2 Å². The van der Waals surface area contributed by atoms with Crippen LogP contribution in [0.25, 0.3) is 0 Å². The van der Waals surface area contributed by atoms with Crippen molar-refractivity contribution < 1.29 is 13.5 Å². The molecule has 6 nitrogen and oxygen atoms in total. The summed E-state index contributed by atoms with van der Waals surface area (Å²) in [5.41, 5.74) is 9.65. The van der Waals surface area contributed by atoms with Gasteiger partial charge in [0.1, 0.15) is 5.75 Å². The molecule has 0 aliphatic rings. The molecule has 0 bridgehead atoms. The van der Waals surface area contributed by atoms with Gasteiger partial charge in [0.25, 0.3) is 0 Å². The SMILES string of the molecule is Cc1cc(NNc2ccc(S(=O)(=O)Cc3ccccn3)cc2)cc(C)c1O. The number of pyridine rings is 1. The van der Waals surface area contributed by atoms with E-state index in [0.717, 1.165) is 22.5 Å². The number of phenolic OH excluding ortho intramolecular Hbond substituents is 1. The minimum atomic E-state index is -3.45. The summed E-state index contributed by atoms with van der Waals surface area (Å²) in [6, 6.07) is 15.4. The van der Waals surface area contributed by atoms with Crippen LogP contribution in [0.1, 0.15) is 16.8 Å². The summed E-state index contributed by atoms with van der Waals surface area (Å²) < 4.78 is 25.0. The quantitative estimate of drug-likeness (QED) is 0.443. The van der Waals surface area contributed by atoms with Crippen LogP contribution in [0.3, 0.4) is 0 Å². The van der Waals surface area contributed by atoms with E-state index in [1.165, 1.54) is 0 Å². The number of aromatic hydroxyl groups is 1. The number of nitrogens with zero attached hydrogens (tertiary/aromatic N) is 1. The lowest BCUT2D eigenvalue weighted by Gasteiger charge is -2.13. The van der Waals surface area contributed by atoms with Gasteiger partial charge in [0.05, 0.1) is 27.7 Å². The Morgan fingerprint density at radius 2 is 1.56 bits per heavy atom. The Kier molecular flexibility index (Phi) is 5.32. The van der Waals surface area contributed by atoms with Gasteiger partial charge in [-0.2, -0.15) is 0 Å².